The molecular formula is C29H20ClN3. The molecule has 1 heterocycles. The molecule has 158 valence electrons. The summed E-state index contributed by atoms with van der Waals surface area (Å²) in [6.07, 6.45) is -0.383. The summed E-state index contributed by atoms with van der Waals surface area (Å²) < 4.78 is 0. The van der Waals surface area contributed by atoms with E-state index < -0.39 is 0 Å². The molecule has 0 amide bonds. The summed E-state index contributed by atoms with van der Waals surface area (Å²) >= 11 is 6.36. The molecule has 1 atom stereocenters. The fourth-order valence-corrected chi connectivity index (χ4v) is 4.45. The van der Waals surface area contributed by atoms with Gasteiger partial charge in [-0.2, -0.15) is 0 Å². The number of halogens is 1. The smallest absolute Gasteiger partial charge is 0.199 e. The highest BCUT2D eigenvalue weighted by Crippen LogP contribution is 2.29. The van der Waals surface area contributed by atoms with Crippen LogP contribution in [0.15, 0.2) is 119 Å². The van der Waals surface area contributed by atoms with Crippen molar-refractivity contribution in [2.45, 2.75) is 6.17 Å². The van der Waals surface area contributed by atoms with Crippen molar-refractivity contribution < 1.29 is 0 Å². The summed E-state index contributed by atoms with van der Waals surface area (Å²) in [7, 11) is 0. The third kappa shape index (κ3) is 3.88. The molecule has 0 fully saturated rings. The highest BCUT2D eigenvalue weighted by Gasteiger charge is 2.18. The molecule has 0 bridgehead atoms. The number of aliphatic imine (C=N–C) groups is 2. The minimum atomic E-state index is -0.383. The molecule has 0 spiro atoms. The van der Waals surface area contributed by atoms with Gasteiger partial charge in [-0.15, -0.1) is 0 Å². The summed E-state index contributed by atoms with van der Waals surface area (Å²) in [6.45, 7) is 0. The van der Waals surface area contributed by atoms with Gasteiger partial charge in [0, 0.05) is 5.56 Å². The third-order valence-corrected chi connectivity index (χ3v) is 6.22. The number of nitrogens with one attached hydrogen (secondary N) is 1. The minimum Gasteiger partial charge on any atom is -0.315 e. The number of benzene rings is 5. The minimum absolute atomic E-state index is 0.344. The van der Waals surface area contributed by atoms with E-state index in [0.717, 1.165) is 27.9 Å². The molecule has 1 aliphatic rings. The van der Waals surface area contributed by atoms with Gasteiger partial charge >= 0.3 is 0 Å². The van der Waals surface area contributed by atoms with Crippen molar-refractivity contribution in [1.29, 1.82) is 0 Å². The Hall–Kier alpha value is -3.95. The summed E-state index contributed by atoms with van der Waals surface area (Å²) in [5, 5.41) is 8.29. The first-order valence-electron chi connectivity index (χ1n) is 10.9. The standard InChI is InChI=1S/C29H20ClN3/c30-29-32-27(31-28(33-29)26-16-12-20-6-2-4-8-24(20)18-26)22-13-9-21(10-14-22)25-15-11-19-5-1-3-7-23(19)17-25/h1-18,27H,(H,31,32,33). The van der Waals surface area contributed by atoms with Crippen molar-refractivity contribution >= 4 is 44.3 Å². The van der Waals surface area contributed by atoms with Crippen LogP contribution in [0.4, 0.5) is 0 Å². The van der Waals surface area contributed by atoms with E-state index in [-0.39, 0.29) is 6.17 Å². The molecule has 0 saturated heterocycles. The van der Waals surface area contributed by atoms with E-state index >= 15 is 0 Å². The van der Waals surface area contributed by atoms with E-state index in [0.29, 0.717) is 5.29 Å². The van der Waals surface area contributed by atoms with E-state index in [1.165, 1.54) is 21.7 Å². The van der Waals surface area contributed by atoms with Crippen LogP contribution < -0.4 is 5.32 Å². The van der Waals surface area contributed by atoms with Gasteiger partial charge in [-0.3, -0.25) is 0 Å². The lowest BCUT2D eigenvalue weighted by molar-refractivity contribution is 0.760. The lowest BCUT2D eigenvalue weighted by atomic mass is 10.00. The Morgan fingerprint density at radius 3 is 1.76 bits per heavy atom. The summed E-state index contributed by atoms with van der Waals surface area (Å²) in [5.74, 6) is 0.726. The molecule has 1 N–H and O–H groups in total. The fourth-order valence-electron chi connectivity index (χ4n) is 4.27. The molecule has 0 aromatic heterocycles. The van der Waals surface area contributed by atoms with Crippen LogP contribution >= 0.6 is 11.6 Å². The van der Waals surface area contributed by atoms with Gasteiger partial charge in [-0.05, 0) is 62.0 Å². The first-order chi connectivity index (χ1) is 16.2. The Kier molecular flexibility index (Phi) is 4.89. The number of amidine groups is 2. The first-order valence-corrected chi connectivity index (χ1v) is 11.3. The predicted octanol–water partition coefficient (Wildman–Crippen LogP) is 7.30. The monoisotopic (exact) mass is 445 g/mol. The number of fused-ring (bicyclic) bond motifs is 2. The Balaban J connectivity index is 1.32. The number of nitrogens with zero attached hydrogens (tertiary/aromatic N) is 2. The second-order valence-electron chi connectivity index (χ2n) is 8.14. The fraction of sp³-hybridized carbons (Fsp3) is 0.0345. The van der Waals surface area contributed by atoms with Crippen molar-refractivity contribution in [3.63, 3.8) is 0 Å². The molecule has 0 saturated carbocycles. The maximum Gasteiger partial charge on any atom is 0.199 e. The van der Waals surface area contributed by atoms with Crippen molar-refractivity contribution in [1.82, 2.24) is 5.32 Å². The number of hydrogen-bond donors (Lipinski definition) is 1. The van der Waals surface area contributed by atoms with Gasteiger partial charge in [0.2, 0.25) is 0 Å². The van der Waals surface area contributed by atoms with Crippen LogP contribution in [0.1, 0.15) is 17.3 Å². The maximum atomic E-state index is 6.36. The largest absolute Gasteiger partial charge is 0.315 e. The zero-order valence-corrected chi connectivity index (χ0v) is 18.5. The van der Waals surface area contributed by atoms with Crippen LogP contribution in [0, 0.1) is 0 Å². The molecule has 1 unspecified atom stereocenters. The highest BCUT2D eigenvalue weighted by atomic mass is 35.5. The van der Waals surface area contributed by atoms with Crippen LogP contribution in [0.5, 0.6) is 0 Å². The Morgan fingerprint density at radius 2 is 1.09 bits per heavy atom. The van der Waals surface area contributed by atoms with E-state index in [2.05, 4.69) is 107 Å². The van der Waals surface area contributed by atoms with E-state index in [1.807, 2.05) is 12.1 Å². The molecule has 0 aliphatic carbocycles. The van der Waals surface area contributed by atoms with Gasteiger partial charge in [0.25, 0.3) is 0 Å². The Morgan fingerprint density at radius 1 is 0.545 bits per heavy atom. The van der Waals surface area contributed by atoms with Crippen molar-refractivity contribution in [2.24, 2.45) is 9.98 Å². The lowest BCUT2D eigenvalue weighted by Crippen LogP contribution is -2.32. The number of rotatable bonds is 3. The van der Waals surface area contributed by atoms with Gasteiger partial charge < -0.3 is 5.32 Å². The molecule has 1 aliphatic heterocycles. The second-order valence-corrected chi connectivity index (χ2v) is 8.50. The van der Waals surface area contributed by atoms with Crippen molar-refractivity contribution in [3.8, 4) is 11.1 Å². The molecule has 3 nitrogen and oxygen atoms in total. The number of hydrogen-bond acceptors (Lipinski definition) is 3. The summed E-state index contributed by atoms with van der Waals surface area (Å²) in [5.41, 5.74) is 4.33. The van der Waals surface area contributed by atoms with Crippen LogP contribution in [0.2, 0.25) is 0 Å². The van der Waals surface area contributed by atoms with Crippen LogP contribution in [-0.4, -0.2) is 11.1 Å². The van der Waals surface area contributed by atoms with Crippen molar-refractivity contribution in [3.05, 3.63) is 120 Å². The normalized spacial score (nSPS) is 15.7. The van der Waals surface area contributed by atoms with E-state index in [4.69, 9.17) is 16.6 Å². The van der Waals surface area contributed by atoms with E-state index in [1.54, 1.807) is 0 Å². The topological polar surface area (TPSA) is 36.8 Å². The van der Waals surface area contributed by atoms with Gasteiger partial charge in [-0.1, -0.05) is 97.1 Å². The predicted molar refractivity (Wildman–Crippen MR) is 139 cm³/mol. The molecule has 33 heavy (non-hydrogen) atoms. The average molecular weight is 446 g/mol. The third-order valence-electron chi connectivity index (χ3n) is 6.02. The quantitative estimate of drug-likeness (QED) is 0.290. The van der Waals surface area contributed by atoms with Crippen LogP contribution in [-0.2, 0) is 0 Å². The maximum absolute atomic E-state index is 6.36. The zero-order valence-electron chi connectivity index (χ0n) is 17.7. The Bertz CT molecular complexity index is 1550. The first kappa shape index (κ1) is 19.7. The van der Waals surface area contributed by atoms with Gasteiger partial charge in [0.15, 0.2) is 11.5 Å². The molecule has 6 rings (SSSR count). The molecule has 4 heteroatoms. The molecular weight excluding hydrogens is 426 g/mol. The summed E-state index contributed by atoms with van der Waals surface area (Å²) in [6, 6.07) is 37.9. The Labute approximate surface area is 197 Å². The summed E-state index contributed by atoms with van der Waals surface area (Å²) in [4.78, 5) is 9.37. The molecule has 5 aromatic carbocycles. The SMILES string of the molecule is ClC1=NC(c2ccc(-c3ccc4ccccc4c3)cc2)N=C(c2ccc3ccccc3c2)N1. The van der Waals surface area contributed by atoms with Crippen molar-refractivity contribution in [2.75, 3.05) is 0 Å². The van der Waals surface area contributed by atoms with Crippen LogP contribution in [0.25, 0.3) is 32.7 Å². The van der Waals surface area contributed by atoms with Gasteiger partial charge in [0.05, 0.1) is 0 Å². The lowest BCUT2D eigenvalue weighted by Gasteiger charge is -2.19. The average Bonchev–Trinajstić information content (AvgIpc) is 2.88. The van der Waals surface area contributed by atoms with E-state index in [9.17, 15) is 0 Å². The van der Waals surface area contributed by atoms with Crippen LogP contribution in [0.3, 0.4) is 0 Å². The highest BCUT2D eigenvalue weighted by molar-refractivity contribution is 6.66. The van der Waals surface area contributed by atoms with Gasteiger partial charge in [-0.25, -0.2) is 9.98 Å². The molecule has 0 radical (unpaired) electrons. The van der Waals surface area contributed by atoms with Gasteiger partial charge in [0.1, 0.15) is 5.84 Å². The second kappa shape index (κ2) is 8.19. The molecule has 5 aromatic rings. The zero-order chi connectivity index (χ0) is 22.2.